The van der Waals surface area contributed by atoms with Crippen molar-refractivity contribution in [3.8, 4) is 5.75 Å². The molecule has 7 heteroatoms. The summed E-state index contributed by atoms with van der Waals surface area (Å²) in [6, 6.07) is 7.98. The third kappa shape index (κ3) is 5.21. The van der Waals surface area contributed by atoms with Crippen molar-refractivity contribution in [1.29, 1.82) is 0 Å². The summed E-state index contributed by atoms with van der Waals surface area (Å²) < 4.78 is 5.25. The average molecular weight is 423 g/mol. The maximum atomic E-state index is 12.8. The summed E-state index contributed by atoms with van der Waals surface area (Å²) in [4.78, 5) is 36.3. The Morgan fingerprint density at radius 1 is 1.13 bits per heavy atom. The van der Waals surface area contributed by atoms with Crippen LogP contribution in [0.25, 0.3) is 0 Å². The number of methoxy groups -OCH3 is 1. The first kappa shape index (κ1) is 21.3. The molecule has 31 heavy (non-hydrogen) atoms. The van der Waals surface area contributed by atoms with Crippen molar-refractivity contribution in [3.05, 3.63) is 52.6 Å². The van der Waals surface area contributed by atoms with Crippen molar-refractivity contribution in [1.82, 2.24) is 20.2 Å². The zero-order valence-corrected chi connectivity index (χ0v) is 18.5. The number of likely N-dealkylation sites (tertiary alicyclic amines) is 1. The van der Waals surface area contributed by atoms with Gasteiger partial charge >= 0.3 is 0 Å². The minimum Gasteiger partial charge on any atom is -0.497 e. The second-order valence-electron chi connectivity index (χ2n) is 8.60. The molecule has 2 aliphatic rings. The maximum Gasteiger partial charge on any atom is 0.227 e. The molecule has 1 aliphatic heterocycles. The Bertz CT molecular complexity index is 964. The lowest BCUT2D eigenvalue weighted by atomic mass is 10.0. The first-order chi connectivity index (χ1) is 14.9. The molecule has 1 aromatic heterocycles. The molecule has 1 aliphatic carbocycles. The van der Waals surface area contributed by atoms with Gasteiger partial charge in [0.25, 0.3) is 0 Å². The summed E-state index contributed by atoms with van der Waals surface area (Å²) in [5.41, 5.74) is 3.57. The molecule has 1 atom stereocenters. The SMILES string of the molecule is COc1cccc(CC(=O)N2CC[C@H](c3nc(C)c(CC(=O)NC4CC4)c(C)n3)C2)c1. The predicted molar refractivity (Wildman–Crippen MR) is 117 cm³/mol. The van der Waals surface area contributed by atoms with Crippen LogP contribution in [0.4, 0.5) is 0 Å². The summed E-state index contributed by atoms with van der Waals surface area (Å²) in [6.07, 6.45) is 3.69. The summed E-state index contributed by atoms with van der Waals surface area (Å²) in [6.45, 7) is 5.22. The second-order valence-corrected chi connectivity index (χ2v) is 8.60. The number of ether oxygens (including phenoxy) is 1. The van der Waals surface area contributed by atoms with E-state index in [1.54, 1.807) is 7.11 Å². The van der Waals surface area contributed by atoms with Crippen LogP contribution in [-0.2, 0) is 22.4 Å². The van der Waals surface area contributed by atoms with Crippen LogP contribution in [0.5, 0.6) is 5.75 Å². The standard InChI is InChI=1S/C24H30N4O3/c1-15-21(13-22(29)27-19-7-8-19)16(2)26-24(25-15)18-9-10-28(14-18)23(30)12-17-5-4-6-20(11-17)31-3/h4-6,11,18-19H,7-10,12-14H2,1-3H3,(H,27,29)/t18-/m0/s1. The number of nitrogens with one attached hydrogen (secondary N) is 1. The number of benzene rings is 1. The van der Waals surface area contributed by atoms with Crippen LogP contribution in [0.2, 0.25) is 0 Å². The van der Waals surface area contributed by atoms with Gasteiger partial charge in [-0.15, -0.1) is 0 Å². The van der Waals surface area contributed by atoms with Crippen LogP contribution < -0.4 is 10.1 Å². The van der Waals surface area contributed by atoms with E-state index in [2.05, 4.69) is 5.32 Å². The highest BCUT2D eigenvalue weighted by Gasteiger charge is 2.30. The molecule has 0 bridgehead atoms. The van der Waals surface area contributed by atoms with E-state index >= 15 is 0 Å². The molecule has 1 saturated heterocycles. The number of hydrogen-bond acceptors (Lipinski definition) is 5. The molecule has 7 nitrogen and oxygen atoms in total. The zero-order valence-electron chi connectivity index (χ0n) is 18.5. The molecule has 0 unspecified atom stereocenters. The Morgan fingerprint density at radius 3 is 2.55 bits per heavy atom. The molecule has 1 N–H and O–H groups in total. The fraction of sp³-hybridized carbons (Fsp3) is 0.500. The summed E-state index contributed by atoms with van der Waals surface area (Å²) in [5.74, 6) is 1.81. The summed E-state index contributed by atoms with van der Waals surface area (Å²) in [7, 11) is 1.63. The van der Waals surface area contributed by atoms with Crippen LogP contribution in [-0.4, -0.2) is 52.9 Å². The van der Waals surface area contributed by atoms with Crippen LogP contribution in [0.1, 0.15) is 53.5 Å². The van der Waals surface area contributed by atoms with Gasteiger partial charge < -0.3 is 15.0 Å². The number of carbonyl (C=O) groups is 2. The molecular formula is C24H30N4O3. The number of hydrogen-bond donors (Lipinski definition) is 1. The third-order valence-corrected chi connectivity index (χ3v) is 6.11. The highest BCUT2D eigenvalue weighted by Crippen LogP contribution is 2.27. The molecule has 2 aromatic rings. The number of aryl methyl sites for hydroxylation is 2. The van der Waals surface area contributed by atoms with Gasteiger partial charge in [0.1, 0.15) is 11.6 Å². The first-order valence-electron chi connectivity index (χ1n) is 11.0. The first-order valence-corrected chi connectivity index (χ1v) is 11.0. The Labute approximate surface area is 183 Å². The fourth-order valence-corrected chi connectivity index (χ4v) is 4.14. The van der Waals surface area contributed by atoms with Gasteiger partial charge in [0.15, 0.2) is 0 Å². The van der Waals surface area contributed by atoms with E-state index in [1.807, 2.05) is 43.0 Å². The van der Waals surface area contributed by atoms with E-state index in [-0.39, 0.29) is 17.7 Å². The number of rotatable bonds is 7. The van der Waals surface area contributed by atoms with Crippen molar-refractivity contribution < 1.29 is 14.3 Å². The van der Waals surface area contributed by atoms with Gasteiger partial charge in [0.2, 0.25) is 11.8 Å². The molecule has 164 valence electrons. The van der Waals surface area contributed by atoms with E-state index in [0.29, 0.717) is 32.0 Å². The van der Waals surface area contributed by atoms with Crippen molar-refractivity contribution >= 4 is 11.8 Å². The highest BCUT2D eigenvalue weighted by atomic mass is 16.5. The number of carbonyl (C=O) groups excluding carboxylic acids is 2. The summed E-state index contributed by atoms with van der Waals surface area (Å²) in [5, 5.41) is 3.03. The van der Waals surface area contributed by atoms with E-state index < -0.39 is 0 Å². The van der Waals surface area contributed by atoms with Gasteiger partial charge in [0.05, 0.1) is 20.0 Å². The van der Waals surface area contributed by atoms with Gasteiger partial charge in [0, 0.05) is 42.0 Å². The van der Waals surface area contributed by atoms with Crippen molar-refractivity contribution in [2.24, 2.45) is 0 Å². The topological polar surface area (TPSA) is 84.4 Å². The lowest BCUT2D eigenvalue weighted by Crippen LogP contribution is -2.30. The molecular weight excluding hydrogens is 392 g/mol. The van der Waals surface area contributed by atoms with E-state index in [0.717, 1.165) is 53.4 Å². The minimum absolute atomic E-state index is 0.0419. The quantitative estimate of drug-likeness (QED) is 0.741. The summed E-state index contributed by atoms with van der Waals surface area (Å²) >= 11 is 0. The molecule has 1 aromatic carbocycles. The zero-order chi connectivity index (χ0) is 22.0. The second kappa shape index (κ2) is 9.04. The lowest BCUT2D eigenvalue weighted by Gasteiger charge is -2.17. The molecule has 2 fully saturated rings. The molecule has 0 spiro atoms. The van der Waals surface area contributed by atoms with Crippen LogP contribution in [0.3, 0.4) is 0 Å². The predicted octanol–water partition coefficient (Wildman–Crippen LogP) is 2.48. The molecule has 0 radical (unpaired) electrons. The molecule has 1 saturated carbocycles. The van der Waals surface area contributed by atoms with E-state index in [9.17, 15) is 9.59 Å². The smallest absolute Gasteiger partial charge is 0.227 e. The Morgan fingerprint density at radius 2 is 1.87 bits per heavy atom. The largest absolute Gasteiger partial charge is 0.497 e. The fourth-order valence-electron chi connectivity index (χ4n) is 4.14. The minimum atomic E-state index is 0.0419. The van der Waals surface area contributed by atoms with Crippen molar-refractivity contribution in [3.63, 3.8) is 0 Å². The Hall–Kier alpha value is -2.96. The van der Waals surface area contributed by atoms with E-state index in [1.165, 1.54) is 0 Å². The Balaban J connectivity index is 1.38. The van der Waals surface area contributed by atoms with Crippen molar-refractivity contribution in [2.75, 3.05) is 20.2 Å². The van der Waals surface area contributed by atoms with Gasteiger partial charge in [-0.05, 0) is 50.8 Å². The Kier molecular flexibility index (Phi) is 6.20. The number of nitrogens with zero attached hydrogens (tertiary/aromatic N) is 3. The van der Waals surface area contributed by atoms with Gasteiger partial charge in [-0.1, -0.05) is 12.1 Å². The maximum absolute atomic E-state index is 12.8. The van der Waals surface area contributed by atoms with Gasteiger partial charge in [-0.2, -0.15) is 0 Å². The van der Waals surface area contributed by atoms with Crippen LogP contribution >= 0.6 is 0 Å². The van der Waals surface area contributed by atoms with Gasteiger partial charge in [-0.25, -0.2) is 9.97 Å². The average Bonchev–Trinajstić information content (AvgIpc) is 3.41. The van der Waals surface area contributed by atoms with Gasteiger partial charge in [-0.3, -0.25) is 9.59 Å². The van der Waals surface area contributed by atoms with Crippen LogP contribution in [0, 0.1) is 13.8 Å². The van der Waals surface area contributed by atoms with Crippen molar-refractivity contribution in [2.45, 2.75) is 57.9 Å². The number of amides is 2. The van der Waals surface area contributed by atoms with E-state index in [4.69, 9.17) is 14.7 Å². The third-order valence-electron chi connectivity index (χ3n) is 6.11. The molecule has 2 amide bonds. The molecule has 2 heterocycles. The number of aromatic nitrogens is 2. The molecule has 4 rings (SSSR count). The van der Waals surface area contributed by atoms with Crippen LogP contribution in [0.15, 0.2) is 24.3 Å². The highest BCUT2D eigenvalue weighted by molar-refractivity contribution is 5.80. The monoisotopic (exact) mass is 422 g/mol. The lowest BCUT2D eigenvalue weighted by molar-refractivity contribution is -0.129. The normalized spacial score (nSPS) is 18.2.